The SMILES string of the molecule is CCSc1nc(-c2ccc(S(=O)(=O)N3CCCCC3)c(OC)c2)cc2nccn12. The highest BCUT2D eigenvalue weighted by Crippen LogP contribution is 2.33. The number of sulfonamides is 1. The molecule has 4 rings (SSSR count). The number of aromatic nitrogens is 3. The van der Waals surface area contributed by atoms with Gasteiger partial charge in [-0.25, -0.2) is 18.4 Å². The van der Waals surface area contributed by atoms with Crippen LogP contribution in [-0.2, 0) is 10.0 Å². The third kappa shape index (κ3) is 3.86. The van der Waals surface area contributed by atoms with Crippen molar-refractivity contribution in [3.63, 3.8) is 0 Å². The molecule has 1 saturated heterocycles. The van der Waals surface area contributed by atoms with Crippen LogP contribution in [0.4, 0.5) is 0 Å². The highest BCUT2D eigenvalue weighted by Gasteiger charge is 2.29. The third-order valence-electron chi connectivity index (χ3n) is 5.02. The average molecular weight is 433 g/mol. The lowest BCUT2D eigenvalue weighted by Crippen LogP contribution is -2.35. The Morgan fingerprint density at radius 1 is 1.17 bits per heavy atom. The predicted octanol–water partition coefficient (Wildman–Crippen LogP) is 3.69. The van der Waals surface area contributed by atoms with E-state index in [1.165, 1.54) is 7.11 Å². The van der Waals surface area contributed by atoms with Crippen molar-refractivity contribution in [2.24, 2.45) is 0 Å². The Bertz CT molecular complexity index is 1120. The van der Waals surface area contributed by atoms with Gasteiger partial charge in [0.15, 0.2) is 5.16 Å². The molecule has 1 fully saturated rings. The fourth-order valence-electron chi connectivity index (χ4n) is 3.56. The molecular formula is C20H24N4O3S2. The Kier molecular flexibility index (Phi) is 5.80. The van der Waals surface area contributed by atoms with E-state index in [1.807, 2.05) is 16.7 Å². The molecule has 9 heteroatoms. The number of rotatable bonds is 6. The predicted molar refractivity (Wildman–Crippen MR) is 114 cm³/mol. The molecule has 0 bridgehead atoms. The van der Waals surface area contributed by atoms with Gasteiger partial charge in [-0.2, -0.15) is 4.31 Å². The number of piperidine rings is 1. The first-order chi connectivity index (χ1) is 14.0. The minimum atomic E-state index is -3.58. The summed E-state index contributed by atoms with van der Waals surface area (Å²) < 4.78 is 35.2. The summed E-state index contributed by atoms with van der Waals surface area (Å²) in [6, 6.07) is 7.07. The molecule has 3 heterocycles. The molecule has 1 aliphatic heterocycles. The summed E-state index contributed by atoms with van der Waals surface area (Å²) in [5.41, 5.74) is 2.33. The molecule has 29 heavy (non-hydrogen) atoms. The molecule has 3 aromatic rings. The molecule has 0 saturated carbocycles. The van der Waals surface area contributed by atoms with Crippen molar-refractivity contribution >= 4 is 27.4 Å². The maximum atomic E-state index is 13.1. The maximum Gasteiger partial charge on any atom is 0.246 e. The van der Waals surface area contributed by atoms with Crippen molar-refractivity contribution in [2.45, 2.75) is 36.2 Å². The van der Waals surface area contributed by atoms with Crippen molar-refractivity contribution in [1.29, 1.82) is 0 Å². The molecule has 0 N–H and O–H groups in total. The molecule has 0 amide bonds. The van der Waals surface area contributed by atoms with Gasteiger partial charge in [0.25, 0.3) is 0 Å². The first-order valence-corrected chi connectivity index (χ1v) is 12.1. The number of imidazole rings is 1. The molecule has 2 aromatic heterocycles. The summed E-state index contributed by atoms with van der Waals surface area (Å²) in [6.07, 6.45) is 6.49. The molecule has 0 spiro atoms. The lowest BCUT2D eigenvalue weighted by Gasteiger charge is -2.26. The fraction of sp³-hybridized carbons (Fsp3) is 0.400. The summed E-state index contributed by atoms with van der Waals surface area (Å²) >= 11 is 1.63. The zero-order chi connectivity index (χ0) is 20.4. The van der Waals surface area contributed by atoms with Crippen molar-refractivity contribution < 1.29 is 13.2 Å². The van der Waals surface area contributed by atoms with Crippen LogP contribution in [0.1, 0.15) is 26.2 Å². The smallest absolute Gasteiger partial charge is 0.246 e. The molecule has 154 valence electrons. The minimum absolute atomic E-state index is 0.204. The van der Waals surface area contributed by atoms with E-state index in [0.29, 0.717) is 18.8 Å². The number of hydrogen-bond acceptors (Lipinski definition) is 6. The lowest BCUT2D eigenvalue weighted by molar-refractivity contribution is 0.343. The van der Waals surface area contributed by atoms with Crippen LogP contribution in [0.25, 0.3) is 16.9 Å². The molecule has 1 aliphatic rings. The lowest BCUT2D eigenvalue weighted by atomic mass is 10.1. The summed E-state index contributed by atoms with van der Waals surface area (Å²) in [5, 5.41) is 0.849. The summed E-state index contributed by atoms with van der Waals surface area (Å²) in [5.74, 6) is 1.22. The number of nitrogens with zero attached hydrogens (tertiary/aromatic N) is 4. The summed E-state index contributed by atoms with van der Waals surface area (Å²) in [7, 11) is -2.08. The van der Waals surface area contributed by atoms with Crippen molar-refractivity contribution in [1.82, 2.24) is 18.7 Å². The molecule has 7 nitrogen and oxygen atoms in total. The second-order valence-corrected chi connectivity index (χ2v) is 9.98. The van der Waals surface area contributed by atoms with Crippen LogP contribution in [0.15, 0.2) is 46.7 Å². The van der Waals surface area contributed by atoms with E-state index >= 15 is 0 Å². The van der Waals surface area contributed by atoms with E-state index < -0.39 is 10.0 Å². The Morgan fingerprint density at radius 2 is 1.97 bits per heavy atom. The highest BCUT2D eigenvalue weighted by atomic mass is 32.2. The van der Waals surface area contributed by atoms with Gasteiger partial charge in [0.05, 0.1) is 12.8 Å². The fourth-order valence-corrected chi connectivity index (χ4v) is 5.93. The van der Waals surface area contributed by atoms with E-state index in [-0.39, 0.29) is 4.90 Å². The van der Waals surface area contributed by atoms with Crippen molar-refractivity contribution in [3.8, 4) is 17.0 Å². The van der Waals surface area contributed by atoms with Gasteiger partial charge in [-0.15, -0.1) is 0 Å². The molecule has 0 radical (unpaired) electrons. The Morgan fingerprint density at radius 3 is 2.69 bits per heavy atom. The minimum Gasteiger partial charge on any atom is -0.495 e. The van der Waals surface area contributed by atoms with E-state index in [2.05, 4.69) is 11.9 Å². The van der Waals surface area contributed by atoms with E-state index in [4.69, 9.17) is 9.72 Å². The quantitative estimate of drug-likeness (QED) is 0.437. The second kappa shape index (κ2) is 8.33. The largest absolute Gasteiger partial charge is 0.495 e. The number of methoxy groups -OCH3 is 1. The van der Waals surface area contributed by atoms with Gasteiger partial charge in [0.2, 0.25) is 10.0 Å². The number of hydrogen-bond donors (Lipinski definition) is 0. The Balaban J connectivity index is 1.76. The van der Waals surface area contributed by atoms with Crippen molar-refractivity contribution in [3.05, 3.63) is 36.7 Å². The molecule has 0 unspecified atom stereocenters. The van der Waals surface area contributed by atoms with Gasteiger partial charge < -0.3 is 4.74 Å². The molecule has 0 atom stereocenters. The monoisotopic (exact) mass is 432 g/mol. The average Bonchev–Trinajstić information content (AvgIpc) is 3.23. The normalized spacial score (nSPS) is 15.7. The van der Waals surface area contributed by atoms with Gasteiger partial charge in [0.1, 0.15) is 16.3 Å². The Labute approximate surface area is 175 Å². The first-order valence-electron chi connectivity index (χ1n) is 9.70. The van der Waals surface area contributed by atoms with Crippen LogP contribution in [0.2, 0.25) is 0 Å². The highest BCUT2D eigenvalue weighted by molar-refractivity contribution is 7.99. The van der Waals surface area contributed by atoms with Gasteiger partial charge in [-0.05, 0) is 30.7 Å². The zero-order valence-electron chi connectivity index (χ0n) is 16.5. The van der Waals surface area contributed by atoms with Crippen LogP contribution >= 0.6 is 11.8 Å². The van der Waals surface area contributed by atoms with Crippen LogP contribution in [-0.4, -0.2) is 53.0 Å². The number of benzene rings is 1. The number of ether oxygens (including phenoxy) is 1. The standard InChI is InChI=1S/C20H24N4O3S2/c1-3-28-20-22-16(14-19-21-9-12-24(19)20)15-7-8-18(17(13-15)27-2)29(25,26)23-10-5-4-6-11-23/h7-9,12-14H,3-6,10-11H2,1-2H3. The maximum absolute atomic E-state index is 13.1. The van der Waals surface area contributed by atoms with Crippen molar-refractivity contribution in [2.75, 3.05) is 26.0 Å². The van der Waals surface area contributed by atoms with Crippen LogP contribution in [0.5, 0.6) is 5.75 Å². The first kappa shape index (κ1) is 20.2. The van der Waals surface area contributed by atoms with Crippen LogP contribution in [0.3, 0.4) is 0 Å². The number of fused-ring (bicyclic) bond motifs is 1. The van der Waals surface area contributed by atoms with Gasteiger partial charge in [-0.3, -0.25) is 4.40 Å². The van der Waals surface area contributed by atoms with Gasteiger partial charge >= 0.3 is 0 Å². The topological polar surface area (TPSA) is 76.8 Å². The molecular weight excluding hydrogens is 408 g/mol. The van der Waals surface area contributed by atoms with E-state index in [0.717, 1.165) is 47.1 Å². The summed E-state index contributed by atoms with van der Waals surface area (Å²) in [6.45, 7) is 3.19. The van der Waals surface area contributed by atoms with E-state index in [9.17, 15) is 8.42 Å². The third-order valence-corrected chi connectivity index (χ3v) is 7.80. The van der Waals surface area contributed by atoms with Gasteiger partial charge in [-0.1, -0.05) is 31.2 Å². The molecule has 1 aromatic carbocycles. The van der Waals surface area contributed by atoms with Crippen LogP contribution < -0.4 is 4.74 Å². The van der Waals surface area contributed by atoms with Gasteiger partial charge in [0, 0.05) is 37.1 Å². The van der Waals surface area contributed by atoms with Crippen LogP contribution in [0, 0.1) is 0 Å². The second-order valence-electron chi connectivity index (χ2n) is 6.84. The Hall–Kier alpha value is -2.10. The molecule has 0 aliphatic carbocycles. The number of thioether (sulfide) groups is 1. The zero-order valence-corrected chi connectivity index (χ0v) is 18.2. The van der Waals surface area contributed by atoms with E-state index in [1.54, 1.807) is 40.5 Å². The summed E-state index contributed by atoms with van der Waals surface area (Å²) in [4.78, 5) is 9.35.